The number of hydrogen-bond donors (Lipinski definition) is 0. The second-order valence-corrected chi connectivity index (χ2v) is 22.6. The van der Waals surface area contributed by atoms with Gasteiger partial charge in [-0.05, 0) is 193 Å². The summed E-state index contributed by atoms with van der Waals surface area (Å²) < 4.78 is 0. The van der Waals surface area contributed by atoms with Gasteiger partial charge in [-0.25, -0.2) is 0 Å². The largest absolute Gasteiger partial charge is 0.310 e. The molecule has 69 heavy (non-hydrogen) atoms. The normalized spacial score (nSPS) is 16.0. The fourth-order valence-corrected chi connectivity index (χ4v) is 12.1. The van der Waals surface area contributed by atoms with Crippen LogP contribution in [0, 0.1) is 0 Å². The van der Waals surface area contributed by atoms with Gasteiger partial charge in [-0.15, -0.1) is 0 Å². The maximum Gasteiger partial charge on any atom is 0.0468 e. The average molecular weight is 903 g/mol. The summed E-state index contributed by atoms with van der Waals surface area (Å²) in [7, 11) is 0. The van der Waals surface area contributed by atoms with Crippen LogP contribution in [0.5, 0.6) is 0 Å². The second kappa shape index (κ2) is 18.5. The first-order valence-electron chi connectivity index (χ1n) is 26.3. The zero-order valence-corrected chi connectivity index (χ0v) is 42.0. The number of rotatable bonds is 8. The maximum absolute atomic E-state index is 2.62. The van der Waals surface area contributed by atoms with Crippen LogP contribution in [-0.4, -0.2) is 0 Å². The molecule has 0 N–H and O–H groups in total. The number of fused-ring (bicyclic) bond motifs is 4. The molecular weight excluding hydrogens is 833 g/mol. The zero-order chi connectivity index (χ0) is 47.3. The molecule has 0 saturated heterocycles. The Morgan fingerprint density at radius 1 is 0.391 bits per heavy atom. The topological polar surface area (TPSA) is 6.48 Å². The maximum atomic E-state index is 2.62. The van der Waals surface area contributed by atoms with Crippen LogP contribution < -0.4 is 9.80 Å². The number of benzene rings is 8. The van der Waals surface area contributed by atoms with Crippen LogP contribution in [-0.2, 0) is 17.3 Å². The van der Waals surface area contributed by atoms with Gasteiger partial charge in [-0.3, -0.25) is 0 Å². The fourth-order valence-electron chi connectivity index (χ4n) is 12.1. The number of allylic oxidation sites excluding steroid dienone is 3. The lowest BCUT2D eigenvalue weighted by molar-refractivity contribution is 0.445. The van der Waals surface area contributed by atoms with E-state index in [2.05, 4.69) is 221 Å². The van der Waals surface area contributed by atoms with Gasteiger partial charge in [-0.2, -0.15) is 0 Å². The summed E-state index contributed by atoms with van der Waals surface area (Å²) in [5.74, 6) is 1.02. The van der Waals surface area contributed by atoms with Crippen LogP contribution in [0.2, 0.25) is 0 Å². The fraction of sp³-hybridized carbons (Fsp3) is 0.313. The van der Waals surface area contributed by atoms with Gasteiger partial charge in [0.15, 0.2) is 0 Å². The molecule has 2 heteroatoms. The standard InChI is InChI=1S/C67H70N2/c1-66(2,3)52-28-34-54(35-29-52)68(56-32-26-46-18-10-7-15-24-50(46)42-56)58-38-40-60-62(44-58)65(49-22-13-9-14-23-49)63-45-59(39-41-61(63)64(60)48-20-11-8-12-21-48)69(55-36-30-53(31-37-55)67(4,5)6)57-33-27-47-19-16-17-25-51(47)43-57/h7,10,15-17,19,24-45,48-49H,8-9,11-14,18,20-23H2,1-6H3. The summed E-state index contributed by atoms with van der Waals surface area (Å²) >= 11 is 0. The molecule has 8 aromatic carbocycles. The number of nitrogens with zero attached hydrogens (tertiary/aromatic N) is 2. The van der Waals surface area contributed by atoms with E-state index in [9.17, 15) is 0 Å². The van der Waals surface area contributed by atoms with Crippen LogP contribution in [0.3, 0.4) is 0 Å². The van der Waals surface area contributed by atoms with E-state index in [1.54, 1.807) is 11.1 Å². The summed E-state index contributed by atoms with van der Waals surface area (Å²) in [4.78, 5) is 5.06. The van der Waals surface area contributed by atoms with Crippen LogP contribution in [0.1, 0.15) is 151 Å². The highest BCUT2D eigenvalue weighted by Gasteiger charge is 2.29. The van der Waals surface area contributed by atoms with Gasteiger partial charge in [0.2, 0.25) is 0 Å². The van der Waals surface area contributed by atoms with E-state index in [4.69, 9.17) is 0 Å². The molecule has 2 nitrogen and oxygen atoms in total. The Bertz CT molecular complexity index is 3210. The number of anilines is 6. The average Bonchev–Trinajstić information content (AvgIpc) is 3.61. The third kappa shape index (κ3) is 8.93. The second-order valence-electron chi connectivity index (χ2n) is 22.6. The molecule has 2 fully saturated rings. The van der Waals surface area contributed by atoms with Crippen molar-refractivity contribution in [2.24, 2.45) is 0 Å². The Kier molecular flexibility index (Phi) is 12.1. The lowest BCUT2D eigenvalue weighted by Crippen LogP contribution is -2.14. The minimum atomic E-state index is 0.0677. The van der Waals surface area contributed by atoms with Crippen molar-refractivity contribution in [3.63, 3.8) is 0 Å². The third-order valence-electron chi connectivity index (χ3n) is 15.9. The van der Waals surface area contributed by atoms with Gasteiger partial charge in [0.05, 0.1) is 0 Å². The van der Waals surface area contributed by atoms with Crippen molar-refractivity contribution in [1.29, 1.82) is 0 Å². The SMILES string of the molecule is CC(C)(C)c1ccc(N(c2ccc3c(c2)C=CC=CC3)c2ccc3c(C4CCCCC4)c4ccc(N(c5ccc(C(C)(C)C)cc5)c5ccc6ccccc6c5)cc4c(C4CCCCC4)c3c2)cc1. The van der Waals surface area contributed by atoms with E-state index in [0.717, 1.165) is 6.42 Å². The predicted molar refractivity (Wildman–Crippen MR) is 299 cm³/mol. The van der Waals surface area contributed by atoms with Crippen LogP contribution in [0.4, 0.5) is 34.1 Å². The van der Waals surface area contributed by atoms with Crippen molar-refractivity contribution >= 4 is 72.5 Å². The molecule has 348 valence electrons. The van der Waals surface area contributed by atoms with Gasteiger partial charge in [0.1, 0.15) is 0 Å². The predicted octanol–water partition coefficient (Wildman–Crippen LogP) is 19.9. The summed E-state index contributed by atoms with van der Waals surface area (Å²) in [6, 6.07) is 56.9. The molecular formula is C67H70N2. The molecule has 0 bridgehead atoms. The Morgan fingerprint density at radius 3 is 1.38 bits per heavy atom. The molecule has 0 amide bonds. The van der Waals surface area contributed by atoms with E-state index in [0.29, 0.717) is 11.8 Å². The molecule has 0 unspecified atom stereocenters. The first-order chi connectivity index (χ1) is 33.5. The minimum absolute atomic E-state index is 0.0677. The van der Waals surface area contributed by atoms with E-state index < -0.39 is 0 Å². The van der Waals surface area contributed by atoms with Crippen molar-refractivity contribution in [2.75, 3.05) is 9.80 Å². The molecule has 0 aliphatic heterocycles. The lowest BCUT2D eigenvalue weighted by Gasteiger charge is -2.33. The number of hydrogen-bond acceptors (Lipinski definition) is 2. The smallest absolute Gasteiger partial charge is 0.0468 e. The molecule has 2 saturated carbocycles. The van der Waals surface area contributed by atoms with Gasteiger partial charge >= 0.3 is 0 Å². The first kappa shape index (κ1) is 45.1. The quantitative estimate of drug-likeness (QED) is 0.140. The molecule has 3 aliphatic carbocycles. The highest BCUT2D eigenvalue weighted by atomic mass is 15.1. The molecule has 11 rings (SSSR count). The van der Waals surface area contributed by atoms with E-state index in [1.807, 2.05) is 0 Å². The minimum Gasteiger partial charge on any atom is -0.310 e. The van der Waals surface area contributed by atoms with Gasteiger partial charge < -0.3 is 9.80 Å². The highest BCUT2D eigenvalue weighted by molar-refractivity contribution is 6.09. The van der Waals surface area contributed by atoms with Crippen molar-refractivity contribution < 1.29 is 0 Å². The van der Waals surface area contributed by atoms with Crippen LogP contribution >= 0.6 is 0 Å². The summed E-state index contributed by atoms with van der Waals surface area (Å²) in [5, 5.41) is 8.36. The van der Waals surface area contributed by atoms with E-state index in [1.165, 1.54) is 153 Å². The Hall–Kier alpha value is -6.38. The molecule has 0 aromatic heterocycles. The van der Waals surface area contributed by atoms with Crippen molar-refractivity contribution in [1.82, 2.24) is 0 Å². The lowest BCUT2D eigenvalue weighted by atomic mass is 9.74. The van der Waals surface area contributed by atoms with Gasteiger partial charge in [0, 0.05) is 34.1 Å². The molecule has 3 aliphatic rings. The zero-order valence-electron chi connectivity index (χ0n) is 42.0. The Labute approximate surface area is 412 Å². The summed E-state index contributed by atoms with van der Waals surface area (Å²) in [6.07, 6.45) is 22.7. The van der Waals surface area contributed by atoms with Crippen LogP contribution in [0.25, 0.3) is 38.4 Å². The Morgan fingerprint density at radius 2 is 0.841 bits per heavy atom. The molecule has 8 aromatic rings. The van der Waals surface area contributed by atoms with Crippen molar-refractivity contribution in [2.45, 2.75) is 135 Å². The van der Waals surface area contributed by atoms with Crippen molar-refractivity contribution in [3.05, 3.63) is 197 Å². The third-order valence-corrected chi connectivity index (χ3v) is 15.9. The molecule has 0 atom stereocenters. The summed E-state index contributed by atoms with van der Waals surface area (Å²) in [6.45, 7) is 13.9. The monoisotopic (exact) mass is 903 g/mol. The van der Waals surface area contributed by atoms with Gasteiger partial charge in [-0.1, -0.05) is 177 Å². The molecule has 0 heterocycles. The van der Waals surface area contributed by atoms with Crippen molar-refractivity contribution in [3.8, 4) is 0 Å². The van der Waals surface area contributed by atoms with E-state index in [-0.39, 0.29) is 10.8 Å². The van der Waals surface area contributed by atoms with E-state index >= 15 is 0 Å². The molecule has 0 spiro atoms. The van der Waals surface area contributed by atoms with Gasteiger partial charge in [0.25, 0.3) is 0 Å². The highest BCUT2D eigenvalue weighted by Crippen LogP contribution is 2.51. The first-order valence-corrected chi connectivity index (χ1v) is 26.3. The summed E-state index contributed by atoms with van der Waals surface area (Å²) in [5.41, 5.74) is 15.8. The molecule has 0 radical (unpaired) electrons. The Balaban J connectivity index is 1.17. The van der Waals surface area contributed by atoms with Crippen LogP contribution in [0.15, 0.2) is 164 Å².